The van der Waals surface area contributed by atoms with Gasteiger partial charge in [-0.05, 0) is 30.7 Å². The molecule has 120 valence electrons. The lowest BCUT2D eigenvalue weighted by Crippen LogP contribution is -2.31. The molecule has 2 aliphatic rings. The fraction of sp³-hybridized carbons (Fsp3) is 0.412. The molecule has 0 saturated carbocycles. The third kappa shape index (κ3) is 2.65. The average Bonchev–Trinajstić information content (AvgIpc) is 3.23. The van der Waals surface area contributed by atoms with Gasteiger partial charge in [0.2, 0.25) is 0 Å². The first-order valence-corrected chi connectivity index (χ1v) is 8.04. The lowest BCUT2D eigenvalue weighted by molar-refractivity contribution is 0.215. The van der Waals surface area contributed by atoms with Crippen LogP contribution < -0.4 is 10.1 Å². The molecule has 1 atom stereocenters. The molecule has 6 nitrogen and oxygen atoms in total. The number of carbonyl (C=O) groups is 1. The molecule has 2 aliphatic heterocycles. The van der Waals surface area contributed by atoms with Crippen LogP contribution in [-0.2, 0) is 13.0 Å². The zero-order valence-corrected chi connectivity index (χ0v) is 13.2. The smallest absolute Gasteiger partial charge is 0.317 e. The van der Waals surface area contributed by atoms with E-state index in [9.17, 15) is 4.79 Å². The number of fused-ring (bicyclic) bond motifs is 1. The van der Waals surface area contributed by atoms with Gasteiger partial charge >= 0.3 is 6.03 Å². The van der Waals surface area contributed by atoms with Crippen LogP contribution in [0.1, 0.15) is 12.5 Å². The lowest BCUT2D eigenvalue weighted by atomic mass is 10.1. The molecule has 0 bridgehead atoms. The second-order valence-electron chi connectivity index (χ2n) is 6.12. The van der Waals surface area contributed by atoms with Gasteiger partial charge in [0.15, 0.2) is 0 Å². The number of nitrogens with zero attached hydrogens (tertiary/aromatic N) is 3. The van der Waals surface area contributed by atoms with Crippen LogP contribution in [0, 0.1) is 0 Å². The summed E-state index contributed by atoms with van der Waals surface area (Å²) in [6, 6.07) is 6.27. The second kappa shape index (κ2) is 5.61. The van der Waals surface area contributed by atoms with Gasteiger partial charge in [0.1, 0.15) is 17.7 Å². The van der Waals surface area contributed by atoms with E-state index in [2.05, 4.69) is 33.9 Å². The number of amides is 2. The minimum Gasteiger partial charge on any atom is -0.490 e. The molecule has 6 heteroatoms. The Hall–Kier alpha value is -2.50. The molecule has 1 fully saturated rings. The first kappa shape index (κ1) is 14.1. The summed E-state index contributed by atoms with van der Waals surface area (Å²) in [5, 5.41) is 2.83. The van der Waals surface area contributed by atoms with E-state index in [1.165, 1.54) is 5.56 Å². The fourth-order valence-electron chi connectivity index (χ4n) is 3.26. The van der Waals surface area contributed by atoms with Crippen LogP contribution in [-0.4, -0.2) is 46.2 Å². The topological polar surface area (TPSA) is 59.4 Å². The van der Waals surface area contributed by atoms with E-state index >= 15 is 0 Å². The van der Waals surface area contributed by atoms with Crippen LogP contribution in [0.2, 0.25) is 0 Å². The molecular weight excluding hydrogens is 292 g/mol. The predicted molar refractivity (Wildman–Crippen MR) is 86.4 cm³/mol. The molecule has 1 saturated heterocycles. The second-order valence-corrected chi connectivity index (χ2v) is 6.12. The number of rotatable bonds is 4. The number of nitrogens with one attached hydrogen (secondary N) is 1. The maximum atomic E-state index is 11.6. The zero-order chi connectivity index (χ0) is 15.8. The minimum atomic E-state index is 0.0235. The van der Waals surface area contributed by atoms with Crippen molar-refractivity contribution in [1.82, 2.24) is 19.8 Å². The molecule has 2 amide bonds. The highest BCUT2D eigenvalue weighted by Crippen LogP contribution is 2.32. The van der Waals surface area contributed by atoms with Gasteiger partial charge in [0.25, 0.3) is 0 Å². The third-order valence-electron chi connectivity index (χ3n) is 4.43. The van der Waals surface area contributed by atoms with E-state index in [1.54, 1.807) is 0 Å². The van der Waals surface area contributed by atoms with E-state index in [1.807, 2.05) is 23.4 Å². The Kier molecular flexibility index (Phi) is 3.44. The monoisotopic (exact) mass is 312 g/mol. The van der Waals surface area contributed by atoms with Crippen molar-refractivity contribution in [3.05, 3.63) is 36.2 Å². The van der Waals surface area contributed by atoms with Gasteiger partial charge in [0, 0.05) is 50.6 Å². The molecule has 0 unspecified atom stereocenters. The van der Waals surface area contributed by atoms with Crippen molar-refractivity contribution < 1.29 is 9.53 Å². The quantitative estimate of drug-likeness (QED) is 0.938. The van der Waals surface area contributed by atoms with Gasteiger partial charge in [-0.2, -0.15) is 0 Å². The molecule has 4 rings (SSSR count). The Morgan fingerprint density at radius 2 is 2.30 bits per heavy atom. The van der Waals surface area contributed by atoms with Crippen LogP contribution in [0.25, 0.3) is 11.4 Å². The fourth-order valence-corrected chi connectivity index (χ4v) is 3.26. The molecule has 1 aromatic heterocycles. The van der Waals surface area contributed by atoms with Gasteiger partial charge in [-0.25, -0.2) is 9.78 Å². The van der Waals surface area contributed by atoms with Crippen molar-refractivity contribution in [2.45, 2.75) is 26.0 Å². The van der Waals surface area contributed by atoms with Crippen molar-refractivity contribution >= 4 is 6.03 Å². The molecule has 0 aliphatic carbocycles. The summed E-state index contributed by atoms with van der Waals surface area (Å²) >= 11 is 0. The van der Waals surface area contributed by atoms with E-state index in [-0.39, 0.29) is 12.1 Å². The van der Waals surface area contributed by atoms with Gasteiger partial charge in [0.05, 0.1) is 0 Å². The van der Waals surface area contributed by atoms with Gasteiger partial charge in [-0.3, -0.25) is 0 Å². The highest BCUT2D eigenvalue weighted by Gasteiger charge is 2.21. The van der Waals surface area contributed by atoms with Crippen molar-refractivity contribution in [3.8, 4) is 17.1 Å². The van der Waals surface area contributed by atoms with E-state index in [0.717, 1.165) is 43.2 Å². The molecular formula is C17H20N4O2. The summed E-state index contributed by atoms with van der Waals surface area (Å²) in [6.07, 6.45) is 4.97. The Balaban J connectivity index is 1.53. The number of imidazole rings is 1. The normalized spacial score (nSPS) is 19.6. The highest BCUT2D eigenvalue weighted by molar-refractivity contribution is 5.76. The largest absolute Gasteiger partial charge is 0.490 e. The Morgan fingerprint density at radius 3 is 3.13 bits per heavy atom. The summed E-state index contributed by atoms with van der Waals surface area (Å²) in [6.45, 7) is 5.03. The Labute approximate surface area is 135 Å². The SMILES string of the molecule is C[C@@H]1Cc2cc(-c3nccn3CCN3CCNC3=O)ccc2O1. The number of urea groups is 1. The summed E-state index contributed by atoms with van der Waals surface area (Å²) < 4.78 is 7.86. The van der Waals surface area contributed by atoms with Crippen molar-refractivity contribution in [1.29, 1.82) is 0 Å². The van der Waals surface area contributed by atoms with Gasteiger partial charge in [-0.15, -0.1) is 0 Å². The molecule has 3 heterocycles. The van der Waals surface area contributed by atoms with Crippen molar-refractivity contribution in [3.63, 3.8) is 0 Å². The number of aromatic nitrogens is 2. The van der Waals surface area contributed by atoms with Crippen molar-refractivity contribution in [2.24, 2.45) is 0 Å². The molecule has 1 N–H and O–H groups in total. The summed E-state index contributed by atoms with van der Waals surface area (Å²) in [5.41, 5.74) is 2.33. The average molecular weight is 312 g/mol. The predicted octanol–water partition coefficient (Wildman–Crippen LogP) is 1.90. The standard InChI is InChI=1S/C17H20N4O2/c1-12-10-14-11-13(2-3-15(14)23-12)16-18-4-6-20(16)8-9-21-7-5-19-17(21)22/h2-4,6,11-12H,5,7-10H2,1H3,(H,19,22)/t12-/m1/s1. The molecule has 1 aromatic carbocycles. The minimum absolute atomic E-state index is 0.0235. The van der Waals surface area contributed by atoms with Crippen LogP contribution in [0.3, 0.4) is 0 Å². The van der Waals surface area contributed by atoms with E-state index < -0.39 is 0 Å². The summed E-state index contributed by atoms with van der Waals surface area (Å²) in [5.74, 6) is 1.92. The van der Waals surface area contributed by atoms with Crippen LogP contribution >= 0.6 is 0 Å². The maximum absolute atomic E-state index is 11.6. The molecule has 2 aromatic rings. The molecule has 23 heavy (non-hydrogen) atoms. The van der Waals surface area contributed by atoms with Crippen molar-refractivity contribution in [2.75, 3.05) is 19.6 Å². The lowest BCUT2D eigenvalue weighted by Gasteiger charge is -2.15. The number of benzene rings is 1. The molecule has 0 spiro atoms. The first-order valence-electron chi connectivity index (χ1n) is 8.04. The maximum Gasteiger partial charge on any atom is 0.317 e. The summed E-state index contributed by atoms with van der Waals surface area (Å²) in [4.78, 5) is 18.0. The highest BCUT2D eigenvalue weighted by atomic mass is 16.5. The Bertz CT molecular complexity index is 740. The first-order chi connectivity index (χ1) is 11.2. The van der Waals surface area contributed by atoms with Crippen LogP contribution in [0.15, 0.2) is 30.6 Å². The zero-order valence-electron chi connectivity index (χ0n) is 13.2. The molecule has 0 radical (unpaired) electrons. The third-order valence-corrected chi connectivity index (χ3v) is 4.43. The van der Waals surface area contributed by atoms with Crippen LogP contribution in [0.5, 0.6) is 5.75 Å². The number of carbonyl (C=O) groups excluding carboxylic acids is 1. The summed E-state index contributed by atoms with van der Waals surface area (Å²) in [7, 11) is 0. The van der Waals surface area contributed by atoms with E-state index in [4.69, 9.17) is 4.74 Å². The number of hydrogen-bond donors (Lipinski definition) is 1. The number of hydrogen-bond acceptors (Lipinski definition) is 3. The van der Waals surface area contributed by atoms with Crippen LogP contribution in [0.4, 0.5) is 4.79 Å². The Morgan fingerprint density at radius 1 is 1.39 bits per heavy atom. The number of ether oxygens (including phenoxy) is 1. The van der Waals surface area contributed by atoms with Gasteiger partial charge < -0.3 is 19.5 Å². The van der Waals surface area contributed by atoms with Gasteiger partial charge in [-0.1, -0.05) is 0 Å². The van der Waals surface area contributed by atoms with E-state index in [0.29, 0.717) is 6.54 Å².